The van der Waals surface area contributed by atoms with Crippen LogP contribution >= 0.6 is 0 Å². The van der Waals surface area contributed by atoms with Crippen LogP contribution in [0.5, 0.6) is 0 Å². The van der Waals surface area contributed by atoms with Gasteiger partial charge in [0, 0.05) is 74.5 Å². The zero-order valence-electron chi connectivity index (χ0n) is 35.1. The van der Waals surface area contributed by atoms with Crippen LogP contribution in [0.2, 0.25) is 0 Å². The topological polar surface area (TPSA) is 54.8 Å². The number of hydrogen-bond donors (Lipinski definition) is 0. The lowest BCUT2D eigenvalue weighted by atomic mass is 9.96. The first-order valence-electron chi connectivity index (χ1n) is 21.9. The zero-order chi connectivity index (χ0) is 42.8. The van der Waals surface area contributed by atoms with Gasteiger partial charge in [0.05, 0.1) is 22.4 Å². The molecule has 0 saturated carbocycles. The molecule has 0 bridgehead atoms. The van der Waals surface area contributed by atoms with Gasteiger partial charge in [-0.2, -0.15) is 0 Å². The monoisotopic (exact) mass is 827 g/mol. The van der Waals surface area contributed by atoms with Gasteiger partial charge in [0.1, 0.15) is 0 Å². The molecule has 13 rings (SSSR count). The van der Waals surface area contributed by atoms with E-state index in [1.165, 1.54) is 43.4 Å². The molecule has 0 aliphatic carbocycles. The molecule has 9 aromatic carbocycles. The van der Waals surface area contributed by atoms with Gasteiger partial charge in [0.15, 0.2) is 0 Å². The summed E-state index contributed by atoms with van der Waals surface area (Å²) in [5, 5.41) is 14.0. The molecule has 5 nitrogen and oxygen atoms in total. The fourth-order valence-corrected chi connectivity index (χ4v) is 9.58. The summed E-state index contributed by atoms with van der Waals surface area (Å²) in [4.78, 5) is 21.7. The Morgan fingerprint density at radius 2 is 0.662 bits per heavy atom. The van der Waals surface area contributed by atoms with E-state index in [1.54, 1.807) is 0 Å². The molecule has 0 fully saturated rings. The van der Waals surface area contributed by atoms with E-state index >= 15 is 0 Å². The largest absolute Gasteiger partial charge is 0.310 e. The minimum Gasteiger partial charge on any atom is -0.310 e. The van der Waals surface area contributed by atoms with Gasteiger partial charge in [-0.1, -0.05) is 140 Å². The molecule has 0 N–H and O–H groups in total. The van der Waals surface area contributed by atoms with E-state index < -0.39 is 0 Å². The van der Waals surface area contributed by atoms with Crippen molar-refractivity contribution in [2.45, 2.75) is 0 Å². The highest BCUT2D eigenvalue weighted by molar-refractivity contribution is 6.10. The number of nitrogens with zero attached hydrogens (tertiary/aromatic N) is 5. The second-order valence-corrected chi connectivity index (χ2v) is 16.8. The van der Waals surface area contributed by atoms with Gasteiger partial charge in [-0.25, -0.2) is 0 Å². The van der Waals surface area contributed by atoms with Crippen molar-refractivity contribution in [2.24, 2.45) is 0 Å². The molecular formula is C60H37N5. The molecule has 0 spiro atoms. The van der Waals surface area contributed by atoms with Crippen LogP contribution in [0.15, 0.2) is 225 Å². The lowest BCUT2D eigenvalue weighted by Gasteiger charge is -2.26. The molecule has 0 atom stereocenters. The lowest BCUT2D eigenvalue weighted by Crippen LogP contribution is -2.10. The first-order valence-corrected chi connectivity index (χ1v) is 21.9. The van der Waals surface area contributed by atoms with Gasteiger partial charge in [-0.15, -0.1) is 0 Å². The zero-order valence-corrected chi connectivity index (χ0v) is 35.1. The Kier molecular flexibility index (Phi) is 8.46. The summed E-state index contributed by atoms with van der Waals surface area (Å²) in [7, 11) is 0. The van der Waals surface area contributed by atoms with E-state index in [1.807, 2.05) is 36.9 Å². The summed E-state index contributed by atoms with van der Waals surface area (Å²) in [5.41, 5.74) is 11.2. The van der Waals surface area contributed by atoms with Crippen LogP contribution in [0.25, 0.3) is 109 Å². The van der Waals surface area contributed by atoms with E-state index in [0.717, 1.165) is 82.9 Å². The number of benzene rings is 9. The maximum Gasteiger partial charge on any atom is 0.0745 e. The average molecular weight is 828 g/mol. The average Bonchev–Trinajstić information content (AvgIpc) is 3.38. The number of anilines is 3. The quantitative estimate of drug-likeness (QED) is 0.156. The fraction of sp³-hybridized carbons (Fsp3) is 0. The Bertz CT molecular complexity index is 3850. The summed E-state index contributed by atoms with van der Waals surface area (Å²) in [6.45, 7) is 0. The van der Waals surface area contributed by atoms with Crippen LogP contribution in [-0.2, 0) is 0 Å². The van der Waals surface area contributed by atoms with Crippen LogP contribution in [0.3, 0.4) is 0 Å². The van der Waals surface area contributed by atoms with Crippen molar-refractivity contribution in [1.82, 2.24) is 19.9 Å². The summed E-state index contributed by atoms with van der Waals surface area (Å²) in [6.07, 6.45) is 7.79. The number of pyridine rings is 4. The first-order chi connectivity index (χ1) is 32.2. The number of rotatable bonds is 6. The molecule has 302 valence electrons. The summed E-state index contributed by atoms with van der Waals surface area (Å²) in [6, 6.07) is 71.6. The third-order valence-corrected chi connectivity index (χ3v) is 13.0. The standard InChI is InChI=1S/C60H37N5/c1-2-8-41-29-42(14-13-38(41)7-1)43-21-27-53-44(30-43)15-16-45-31-50(26-28-54(45)53)65(48-22-17-39(18-23-48)57-32-59-55(36-63-57)51-11-5-3-9-46(51)34-61-59)49-24-19-40(20-25-49)58-33-60-56(37-64-58)52-12-6-4-10-47(52)35-62-60/h1-37H. The molecule has 0 aliphatic rings. The molecule has 13 aromatic rings. The molecular weight excluding hydrogens is 791 g/mol. The molecule has 4 aromatic heterocycles. The SMILES string of the molecule is c1ccc2cc(-c3ccc4c(ccc5cc(N(c6ccc(-c7cc8ncc9ccccc9c8cn7)cc6)c6ccc(-c7cc8ncc9ccccc9c8cn7)cc6)ccc54)c3)ccc2c1. The smallest absolute Gasteiger partial charge is 0.0745 e. The van der Waals surface area contributed by atoms with Crippen LogP contribution in [-0.4, -0.2) is 19.9 Å². The lowest BCUT2D eigenvalue weighted by molar-refractivity contribution is 1.28. The van der Waals surface area contributed by atoms with E-state index in [0.29, 0.717) is 0 Å². The number of hydrogen-bond acceptors (Lipinski definition) is 5. The summed E-state index contributed by atoms with van der Waals surface area (Å²) < 4.78 is 0. The maximum atomic E-state index is 4.92. The third kappa shape index (κ3) is 6.40. The van der Waals surface area contributed by atoms with Crippen molar-refractivity contribution >= 4 is 92.7 Å². The Morgan fingerprint density at radius 1 is 0.246 bits per heavy atom. The fourth-order valence-electron chi connectivity index (χ4n) is 9.58. The van der Waals surface area contributed by atoms with Crippen molar-refractivity contribution in [3.63, 3.8) is 0 Å². The van der Waals surface area contributed by atoms with E-state index in [2.05, 4.69) is 193 Å². The second-order valence-electron chi connectivity index (χ2n) is 16.8. The van der Waals surface area contributed by atoms with Crippen molar-refractivity contribution in [3.05, 3.63) is 225 Å². The van der Waals surface area contributed by atoms with Gasteiger partial charge in [0.2, 0.25) is 0 Å². The summed E-state index contributed by atoms with van der Waals surface area (Å²) in [5.74, 6) is 0. The van der Waals surface area contributed by atoms with Gasteiger partial charge >= 0.3 is 0 Å². The molecule has 0 aliphatic heterocycles. The molecule has 4 heterocycles. The molecule has 0 unspecified atom stereocenters. The van der Waals surface area contributed by atoms with Crippen molar-refractivity contribution < 1.29 is 0 Å². The summed E-state index contributed by atoms with van der Waals surface area (Å²) >= 11 is 0. The number of aromatic nitrogens is 4. The Labute approximate surface area is 374 Å². The molecule has 65 heavy (non-hydrogen) atoms. The van der Waals surface area contributed by atoms with Crippen molar-refractivity contribution in [2.75, 3.05) is 4.90 Å². The highest BCUT2D eigenvalue weighted by Crippen LogP contribution is 2.40. The van der Waals surface area contributed by atoms with Crippen LogP contribution in [0, 0.1) is 0 Å². The highest BCUT2D eigenvalue weighted by atomic mass is 15.1. The minimum absolute atomic E-state index is 0.884. The number of fused-ring (bicyclic) bond motifs is 10. The van der Waals surface area contributed by atoms with E-state index in [4.69, 9.17) is 19.9 Å². The Morgan fingerprint density at radius 3 is 1.25 bits per heavy atom. The van der Waals surface area contributed by atoms with Crippen LogP contribution < -0.4 is 4.90 Å². The van der Waals surface area contributed by atoms with Crippen LogP contribution in [0.4, 0.5) is 17.1 Å². The highest BCUT2D eigenvalue weighted by Gasteiger charge is 2.16. The van der Waals surface area contributed by atoms with Crippen molar-refractivity contribution in [3.8, 4) is 33.6 Å². The third-order valence-electron chi connectivity index (χ3n) is 13.0. The first kappa shape index (κ1) is 36.8. The van der Waals surface area contributed by atoms with Gasteiger partial charge < -0.3 is 4.90 Å². The molecule has 0 amide bonds. The van der Waals surface area contributed by atoms with Crippen LogP contribution in [0.1, 0.15) is 0 Å². The normalized spacial score (nSPS) is 11.7. The Hall–Kier alpha value is -8.80. The second kappa shape index (κ2) is 14.9. The van der Waals surface area contributed by atoms with Crippen molar-refractivity contribution in [1.29, 1.82) is 0 Å². The molecule has 0 radical (unpaired) electrons. The van der Waals surface area contributed by atoms with E-state index in [9.17, 15) is 0 Å². The Balaban J connectivity index is 0.882. The van der Waals surface area contributed by atoms with E-state index in [-0.39, 0.29) is 0 Å². The molecule has 5 heteroatoms. The predicted molar refractivity (Wildman–Crippen MR) is 271 cm³/mol. The van der Waals surface area contributed by atoms with Gasteiger partial charge in [0.25, 0.3) is 0 Å². The minimum atomic E-state index is 0.884. The predicted octanol–water partition coefficient (Wildman–Crippen LogP) is 15.8. The maximum absolute atomic E-state index is 4.92. The molecule has 0 saturated heterocycles. The van der Waals surface area contributed by atoms with Gasteiger partial charge in [-0.05, 0) is 115 Å². The van der Waals surface area contributed by atoms with Gasteiger partial charge in [-0.3, -0.25) is 19.9 Å².